The highest BCUT2D eigenvalue weighted by Crippen LogP contribution is 2.20. The third-order valence-corrected chi connectivity index (χ3v) is 2.97. The fourth-order valence-electron chi connectivity index (χ4n) is 1.76. The van der Waals surface area contributed by atoms with Gasteiger partial charge in [-0.1, -0.05) is 24.3 Å². The number of rotatable bonds is 6. The molecule has 4 heteroatoms. The van der Waals surface area contributed by atoms with Crippen LogP contribution < -0.4 is 9.47 Å². The van der Waals surface area contributed by atoms with Crippen LogP contribution in [0.3, 0.4) is 0 Å². The summed E-state index contributed by atoms with van der Waals surface area (Å²) in [6.07, 6.45) is -0.956. The molecule has 2 aromatic rings. The lowest BCUT2D eigenvalue weighted by atomic mass is 10.2. The maximum absolute atomic E-state index is 9.96. The summed E-state index contributed by atoms with van der Waals surface area (Å²) in [7, 11) is 3.23. The molecule has 0 heterocycles. The van der Waals surface area contributed by atoms with Crippen molar-refractivity contribution in [2.45, 2.75) is 12.9 Å². The van der Waals surface area contributed by atoms with Crippen LogP contribution in [0.15, 0.2) is 48.5 Å². The van der Waals surface area contributed by atoms with Gasteiger partial charge in [-0.25, -0.2) is 0 Å². The van der Waals surface area contributed by atoms with E-state index in [-0.39, 0.29) is 0 Å². The Kier molecular flexibility index (Phi) is 4.98. The highest BCUT2D eigenvalue weighted by molar-refractivity contribution is 5.28. The van der Waals surface area contributed by atoms with Gasteiger partial charge in [0.2, 0.25) is 0 Å². The number of hydrogen-bond acceptors (Lipinski definition) is 4. The van der Waals surface area contributed by atoms with E-state index in [9.17, 15) is 5.11 Å². The van der Waals surface area contributed by atoms with Crippen molar-refractivity contribution >= 4 is 0 Å². The van der Waals surface area contributed by atoms with Crippen molar-refractivity contribution in [3.63, 3.8) is 0 Å². The highest BCUT2D eigenvalue weighted by Gasteiger charge is 2.08. The largest absolute Gasteiger partial charge is 0.497 e. The molecule has 0 bridgehead atoms. The molecule has 4 nitrogen and oxygen atoms in total. The number of benzene rings is 2. The average molecular weight is 274 g/mol. The first kappa shape index (κ1) is 14.4. The lowest BCUT2D eigenvalue weighted by Crippen LogP contribution is -2.03. The minimum absolute atomic E-state index is 0.331. The quantitative estimate of drug-likeness (QED) is 0.823. The summed E-state index contributed by atoms with van der Waals surface area (Å²) in [6.45, 7) is 0.331. The fraction of sp³-hybridized carbons (Fsp3) is 0.250. The lowest BCUT2D eigenvalue weighted by Gasteiger charge is -2.13. The Morgan fingerprint density at radius 3 is 1.85 bits per heavy atom. The molecular formula is C16H18O4. The molecule has 1 atom stereocenters. The third-order valence-electron chi connectivity index (χ3n) is 2.97. The van der Waals surface area contributed by atoms with Gasteiger partial charge in [-0.15, -0.1) is 0 Å². The van der Waals surface area contributed by atoms with Crippen LogP contribution in [-0.4, -0.2) is 19.3 Å². The predicted octanol–water partition coefficient (Wildman–Crippen LogP) is 2.91. The first-order valence-electron chi connectivity index (χ1n) is 6.29. The van der Waals surface area contributed by atoms with E-state index in [1.807, 2.05) is 24.3 Å². The fourth-order valence-corrected chi connectivity index (χ4v) is 1.76. The van der Waals surface area contributed by atoms with Crippen molar-refractivity contribution in [1.82, 2.24) is 0 Å². The molecular weight excluding hydrogens is 256 g/mol. The molecule has 0 aliphatic rings. The van der Waals surface area contributed by atoms with Gasteiger partial charge in [-0.3, -0.25) is 0 Å². The number of hydrogen-bond donors (Lipinski definition) is 1. The SMILES string of the molecule is COc1ccc(COC(O)c2ccc(OC)cc2)cc1. The minimum Gasteiger partial charge on any atom is -0.497 e. The molecule has 2 rings (SSSR count). The normalized spacial score (nSPS) is 11.9. The molecule has 1 unspecified atom stereocenters. The summed E-state index contributed by atoms with van der Waals surface area (Å²) < 4.78 is 15.6. The smallest absolute Gasteiger partial charge is 0.181 e. The van der Waals surface area contributed by atoms with E-state index in [1.54, 1.807) is 38.5 Å². The molecule has 2 aromatic carbocycles. The maximum Gasteiger partial charge on any atom is 0.181 e. The molecule has 0 aliphatic carbocycles. The summed E-state index contributed by atoms with van der Waals surface area (Å²) in [5.74, 6) is 1.54. The van der Waals surface area contributed by atoms with Gasteiger partial charge in [-0.05, 0) is 29.8 Å². The van der Waals surface area contributed by atoms with Gasteiger partial charge >= 0.3 is 0 Å². The van der Waals surface area contributed by atoms with E-state index in [0.29, 0.717) is 12.2 Å². The Morgan fingerprint density at radius 2 is 1.35 bits per heavy atom. The first-order chi connectivity index (χ1) is 9.72. The van der Waals surface area contributed by atoms with Crippen molar-refractivity contribution in [3.8, 4) is 11.5 Å². The monoisotopic (exact) mass is 274 g/mol. The zero-order valence-electron chi connectivity index (χ0n) is 11.6. The Labute approximate surface area is 118 Å². The second-order valence-electron chi connectivity index (χ2n) is 4.28. The molecule has 0 aliphatic heterocycles. The maximum atomic E-state index is 9.96. The van der Waals surface area contributed by atoms with Crippen LogP contribution in [0, 0.1) is 0 Å². The van der Waals surface area contributed by atoms with Crippen LogP contribution in [-0.2, 0) is 11.3 Å². The van der Waals surface area contributed by atoms with E-state index in [4.69, 9.17) is 14.2 Å². The summed E-state index contributed by atoms with van der Waals surface area (Å²) in [4.78, 5) is 0. The lowest BCUT2D eigenvalue weighted by molar-refractivity contribution is -0.111. The minimum atomic E-state index is -0.956. The number of aliphatic hydroxyl groups excluding tert-OH is 1. The van der Waals surface area contributed by atoms with Crippen LogP contribution in [0.25, 0.3) is 0 Å². The molecule has 106 valence electrons. The number of ether oxygens (including phenoxy) is 3. The van der Waals surface area contributed by atoms with Crippen molar-refractivity contribution in [3.05, 3.63) is 59.7 Å². The molecule has 0 saturated carbocycles. The van der Waals surface area contributed by atoms with Crippen LogP contribution in [0.4, 0.5) is 0 Å². The van der Waals surface area contributed by atoms with Crippen molar-refractivity contribution in [2.75, 3.05) is 14.2 Å². The van der Waals surface area contributed by atoms with Gasteiger partial charge in [-0.2, -0.15) is 0 Å². The van der Waals surface area contributed by atoms with E-state index < -0.39 is 6.29 Å². The summed E-state index contributed by atoms with van der Waals surface area (Å²) in [5.41, 5.74) is 1.66. The van der Waals surface area contributed by atoms with Crippen molar-refractivity contribution in [2.24, 2.45) is 0 Å². The second-order valence-corrected chi connectivity index (χ2v) is 4.28. The van der Waals surface area contributed by atoms with Gasteiger partial charge < -0.3 is 19.3 Å². The zero-order chi connectivity index (χ0) is 14.4. The van der Waals surface area contributed by atoms with E-state index in [1.165, 1.54) is 0 Å². The molecule has 0 aromatic heterocycles. The predicted molar refractivity (Wildman–Crippen MR) is 75.7 cm³/mol. The van der Waals surface area contributed by atoms with Gasteiger partial charge in [0.25, 0.3) is 0 Å². The van der Waals surface area contributed by atoms with Crippen molar-refractivity contribution in [1.29, 1.82) is 0 Å². The van der Waals surface area contributed by atoms with Crippen LogP contribution >= 0.6 is 0 Å². The van der Waals surface area contributed by atoms with E-state index in [2.05, 4.69) is 0 Å². The topological polar surface area (TPSA) is 47.9 Å². The van der Waals surface area contributed by atoms with Crippen LogP contribution in [0.5, 0.6) is 11.5 Å². The Bertz CT molecular complexity index is 519. The second kappa shape index (κ2) is 6.93. The molecule has 0 saturated heterocycles. The number of methoxy groups -OCH3 is 2. The Morgan fingerprint density at radius 1 is 0.850 bits per heavy atom. The zero-order valence-corrected chi connectivity index (χ0v) is 11.6. The third kappa shape index (κ3) is 3.73. The summed E-state index contributed by atoms with van der Waals surface area (Å²) in [6, 6.07) is 14.6. The Balaban J connectivity index is 1.91. The summed E-state index contributed by atoms with van der Waals surface area (Å²) >= 11 is 0. The van der Waals surface area contributed by atoms with Gasteiger partial charge in [0.05, 0.1) is 20.8 Å². The van der Waals surface area contributed by atoms with E-state index >= 15 is 0 Å². The first-order valence-corrected chi connectivity index (χ1v) is 6.29. The van der Waals surface area contributed by atoms with Crippen LogP contribution in [0.1, 0.15) is 17.4 Å². The molecule has 0 fully saturated rings. The summed E-state index contributed by atoms with van der Waals surface area (Å²) in [5, 5.41) is 9.96. The van der Waals surface area contributed by atoms with E-state index in [0.717, 1.165) is 17.1 Å². The molecule has 1 N–H and O–H groups in total. The number of aliphatic hydroxyl groups is 1. The average Bonchev–Trinajstić information content (AvgIpc) is 2.53. The standard InChI is InChI=1S/C16H18O4/c1-18-14-7-3-12(4-8-14)11-20-16(17)13-5-9-15(19-2)10-6-13/h3-10,16-17H,11H2,1-2H3. The van der Waals surface area contributed by atoms with Crippen LogP contribution in [0.2, 0.25) is 0 Å². The molecule has 0 spiro atoms. The molecule has 0 radical (unpaired) electrons. The highest BCUT2D eigenvalue weighted by atomic mass is 16.6. The van der Waals surface area contributed by atoms with Crippen molar-refractivity contribution < 1.29 is 19.3 Å². The molecule has 0 amide bonds. The van der Waals surface area contributed by atoms with Gasteiger partial charge in [0.1, 0.15) is 11.5 Å². The van der Waals surface area contributed by atoms with Gasteiger partial charge in [0.15, 0.2) is 6.29 Å². The van der Waals surface area contributed by atoms with Gasteiger partial charge in [0, 0.05) is 5.56 Å². The molecule has 20 heavy (non-hydrogen) atoms. The Hall–Kier alpha value is -2.04.